The third-order valence-corrected chi connectivity index (χ3v) is 3.60. The Balaban J connectivity index is 1.76. The van der Waals surface area contributed by atoms with Gasteiger partial charge in [0.05, 0.1) is 6.61 Å². The summed E-state index contributed by atoms with van der Waals surface area (Å²) in [4.78, 5) is 5.01. The largest absolute Gasteiger partial charge is 0.383 e. The molecule has 0 aromatic heterocycles. The van der Waals surface area contributed by atoms with E-state index < -0.39 is 0 Å². The number of hydrogen-bond donors (Lipinski definition) is 1. The van der Waals surface area contributed by atoms with Crippen molar-refractivity contribution in [1.29, 1.82) is 0 Å². The van der Waals surface area contributed by atoms with Crippen molar-refractivity contribution in [2.24, 2.45) is 5.92 Å². The van der Waals surface area contributed by atoms with Gasteiger partial charge in [0, 0.05) is 52.4 Å². The van der Waals surface area contributed by atoms with Crippen molar-refractivity contribution in [1.82, 2.24) is 15.1 Å². The lowest BCUT2D eigenvalue weighted by atomic mass is 10.0. The Kier molecular flexibility index (Phi) is 3.97. The molecule has 2 heterocycles. The van der Waals surface area contributed by atoms with Gasteiger partial charge in [-0.05, 0) is 13.0 Å². The number of ether oxygens (including phenoxy) is 1. The third kappa shape index (κ3) is 2.91. The summed E-state index contributed by atoms with van der Waals surface area (Å²) in [6, 6.07) is 0.580. The summed E-state index contributed by atoms with van der Waals surface area (Å²) in [6.45, 7) is 8.10. The van der Waals surface area contributed by atoms with Gasteiger partial charge in [-0.15, -0.1) is 0 Å². The molecule has 0 amide bonds. The fourth-order valence-electron chi connectivity index (χ4n) is 2.39. The van der Waals surface area contributed by atoms with Crippen molar-refractivity contribution in [2.75, 3.05) is 60.0 Å². The van der Waals surface area contributed by atoms with E-state index in [2.05, 4.69) is 22.2 Å². The van der Waals surface area contributed by atoms with E-state index in [4.69, 9.17) is 4.74 Å². The topological polar surface area (TPSA) is 27.7 Å². The van der Waals surface area contributed by atoms with Gasteiger partial charge in [0.1, 0.15) is 0 Å². The zero-order chi connectivity index (χ0) is 10.7. The molecule has 0 saturated carbocycles. The van der Waals surface area contributed by atoms with E-state index >= 15 is 0 Å². The third-order valence-electron chi connectivity index (χ3n) is 3.60. The number of nitrogens with one attached hydrogen (secondary N) is 1. The Morgan fingerprint density at radius 3 is 2.73 bits per heavy atom. The zero-order valence-electron chi connectivity index (χ0n) is 9.91. The highest BCUT2D eigenvalue weighted by Gasteiger charge is 2.27. The second-order valence-electron chi connectivity index (χ2n) is 4.87. The first-order chi connectivity index (χ1) is 7.29. The standard InChI is InChI=1S/C11H23N3O/c1-13-3-4-14(7-10-5-12-6-10)8-11(13)9-15-2/h10-12H,3-9H2,1-2H3. The second kappa shape index (κ2) is 5.25. The van der Waals surface area contributed by atoms with Gasteiger partial charge in [-0.25, -0.2) is 0 Å². The number of hydrogen-bond acceptors (Lipinski definition) is 4. The maximum absolute atomic E-state index is 5.26. The minimum Gasteiger partial charge on any atom is -0.383 e. The van der Waals surface area contributed by atoms with Gasteiger partial charge in [0.25, 0.3) is 0 Å². The molecule has 88 valence electrons. The molecule has 1 N–H and O–H groups in total. The van der Waals surface area contributed by atoms with Gasteiger partial charge in [-0.2, -0.15) is 0 Å². The van der Waals surface area contributed by atoms with E-state index in [0.29, 0.717) is 6.04 Å². The Labute approximate surface area is 92.6 Å². The molecule has 2 fully saturated rings. The van der Waals surface area contributed by atoms with Crippen molar-refractivity contribution in [3.8, 4) is 0 Å². The molecule has 2 rings (SSSR count). The highest BCUT2D eigenvalue weighted by atomic mass is 16.5. The molecule has 4 nitrogen and oxygen atoms in total. The summed E-state index contributed by atoms with van der Waals surface area (Å²) in [7, 11) is 3.99. The smallest absolute Gasteiger partial charge is 0.0630 e. The molecule has 1 atom stereocenters. The molecule has 2 saturated heterocycles. The molecule has 4 heteroatoms. The van der Waals surface area contributed by atoms with Crippen LogP contribution in [-0.2, 0) is 4.74 Å². The first kappa shape index (κ1) is 11.3. The lowest BCUT2D eigenvalue weighted by Crippen LogP contribution is -2.56. The van der Waals surface area contributed by atoms with Crippen LogP contribution < -0.4 is 5.32 Å². The number of likely N-dealkylation sites (N-methyl/N-ethyl adjacent to an activating group) is 1. The maximum atomic E-state index is 5.26. The number of piperazine rings is 1. The van der Waals surface area contributed by atoms with Crippen LogP contribution in [0.2, 0.25) is 0 Å². The average molecular weight is 213 g/mol. The summed E-state index contributed by atoms with van der Waals surface area (Å²) < 4.78 is 5.26. The van der Waals surface area contributed by atoms with Crippen molar-refractivity contribution in [3.05, 3.63) is 0 Å². The quantitative estimate of drug-likeness (QED) is 0.679. The van der Waals surface area contributed by atoms with E-state index in [1.54, 1.807) is 7.11 Å². The van der Waals surface area contributed by atoms with E-state index in [0.717, 1.165) is 12.5 Å². The first-order valence-electron chi connectivity index (χ1n) is 5.92. The molecule has 2 aliphatic rings. The highest BCUT2D eigenvalue weighted by molar-refractivity contribution is 4.84. The summed E-state index contributed by atoms with van der Waals surface area (Å²) in [6.07, 6.45) is 0. The van der Waals surface area contributed by atoms with Crippen LogP contribution in [0, 0.1) is 5.92 Å². The summed E-state index contributed by atoms with van der Waals surface area (Å²) in [5.41, 5.74) is 0. The zero-order valence-corrected chi connectivity index (χ0v) is 9.91. The summed E-state index contributed by atoms with van der Waals surface area (Å²) in [5.74, 6) is 0.886. The average Bonchev–Trinajstić information content (AvgIpc) is 2.17. The Hall–Kier alpha value is -0.160. The lowest BCUT2D eigenvalue weighted by molar-refractivity contribution is 0.0308. The highest BCUT2D eigenvalue weighted by Crippen LogP contribution is 2.12. The molecule has 0 bridgehead atoms. The van der Waals surface area contributed by atoms with Crippen LogP contribution in [0.25, 0.3) is 0 Å². The number of methoxy groups -OCH3 is 1. The van der Waals surface area contributed by atoms with Crippen molar-refractivity contribution < 1.29 is 4.74 Å². The Morgan fingerprint density at radius 2 is 2.13 bits per heavy atom. The van der Waals surface area contributed by atoms with Crippen molar-refractivity contribution in [2.45, 2.75) is 6.04 Å². The molecule has 0 aromatic rings. The van der Waals surface area contributed by atoms with Crippen LogP contribution in [-0.4, -0.2) is 75.9 Å². The van der Waals surface area contributed by atoms with Gasteiger partial charge < -0.3 is 15.0 Å². The molecule has 15 heavy (non-hydrogen) atoms. The van der Waals surface area contributed by atoms with Crippen LogP contribution in [0.3, 0.4) is 0 Å². The molecule has 0 radical (unpaired) electrons. The van der Waals surface area contributed by atoms with Gasteiger partial charge in [0.15, 0.2) is 0 Å². The monoisotopic (exact) mass is 213 g/mol. The molecule has 0 spiro atoms. The van der Waals surface area contributed by atoms with Crippen LogP contribution in [0.5, 0.6) is 0 Å². The fourth-order valence-corrected chi connectivity index (χ4v) is 2.39. The van der Waals surface area contributed by atoms with Crippen LogP contribution >= 0.6 is 0 Å². The van der Waals surface area contributed by atoms with Gasteiger partial charge in [-0.1, -0.05) is 0 Å². The molecule has 1 unspecified atom stereocenters. The van der Waals surface area contributed by atoms with E-state index in [9.17, 15) is 0 Å². The van der Waals surface area contributed by atoms with Gasteiger partial charge in [-0.3, -0.25) is 4.90 Å². The molecule has 0 aliphatic carbocycles. The molecule has 2 aliphatic heterocycles. The van der Waals surface area contributed by atoms with Crippen molar-refractivity contribution in [3.63, 3.8) is 0 Å². The minimum absolute atomic E-state index is 0.580. The Bertz CT molecular complexity index is 196. The lowest BCUT2D eigenvalue weighted by Gasteiger charge is -2.42. The summed E-state index contributed by atoms with van der Waals surface area (Å²) >= 11 is 0. The van der Waals surface area contributed by atoms with Crippen molar-refractivity contribution >= 4 is 0 Å². The van der Waals surface area contributed by atoms with Crippen LogP contribution in [0.4, 0.5) is 0 Å². The summed E-state index contributed by atoms with van der Waals surface area (Å²) in [5, 5.41) is 3.33. The van der Waals surface area contributed by atoms with Crippen LogP contribution in [0.1, 0.15) is 0 Å². The van der Waals surface area contributed by atoms with Crippen LogP contribution in [0.15, 0.2) is 0 Å². The second-order valence-corrected chi connectivity index (χ2v) is 4.87. The van der Waals surface area contributed by atoms with Gasteiger partial charge in [0.2, 0.25) is 0 Å². The predicted octanol–water partition coefficient (Wildman–Crippen LogP) is -0.532. The predicted molar refractivity (Wildman–Crippen MR) is 61.1 cm³/mol. The normalized spacial score (nSPS) is 30.4. The van der Waals surface area contributed by atoms with E-state index in [-0.39, 0.29) is 0 Å². The fraction of sp³-hybridized carbons (Fsp3) is 1.00. The van der Waals surface area contributed by atoms with E-state index in [1.165, 1.54) is 39.3 Å². The maximum Gasteiger partial charge on any atom is 0.0630 e. The number of rotatable bonds is 4. The molecular weight excluding hydrogens is 190 g/mol. The van der Waals surface area contributed by atoms with Gasteiger partial charge >= 0.3 is 0 Å². The number of nitrogens with zero attached hydrogens (tertiary/aromatic N) is 2. The minimum atomic E-state index is 0.580. The van der Waals surface area contributed by atoms with E-state index in [1.807, 2.05) is 0 Å². The molecule has 0 aromatic carbocycles. The first-order valence-corrected chi connectivity index (χ1v) is 5.92. The molecular formula is C11H23N3O. The SMILES string of the molecule is COCC1CN(CC2CNC2)CCN1C. The Morgan fingerprint density at radius 1 is 1.33 bits per heavy atom.